The van der Waals surface area contributed by atoms with E-state index in [0.29, 0.717) is 5.69 Å². The highest BCUT2D eigenvalue weighted by Crippen LogP contribution is 2.40. The van der Waals surface area contributed by atoms with E-state index in [0.717, 1.165) is 6.07 Å². The monoisotopic (exact) mass is 338 g/mol. The molecule has 0 aliphatic carbocycles. The summed E-state index contributed by atoms with van der Waals surface area (Å²) < 4.78 is 41.5. The summed E-state index contributed by atoms with van der Waals surface area (Å²) >= 11 is 0. The van der Waals surface area contributed by atoms with Gasteiger partial charge in [-0.2, -0.15) is 13.2 Å². The van der Waals surface area contributed by atoms with Crippen LogP contribution in [0.2, 0.25) is 0 Å². The van der Waals surface area contributed by atoms with Gasteiger partial charge >= 0.3 is 6.18 Å². The molecule has 1 N–H and O–H groups in total. The Balaban J connectivity index is 2.01. The highest BCUT2D eigenvalue weighted by molar-refractivity contribution is 5.93. The van der Waals surface area contributed by atoms with Crippen molar-refractivity contribution in [3.8, 4) is 0 Å². The zero-order chi connectivity index (χ0) is 17.5. The Labute approximate surface area is 137 Å². The Morgan fingerprint density at radius 1 is 1.21 bits per heavy atom. The molecule has 1 fully saturated rings. The van der Waals surface area contributed by atoms with Gasteiger partial charge in [-0.3, -0.25) is 4.79 Å². The van der Waals surface area contributed by atoms with Gasteiger partial charge in [-0.15, -0.1) is 0 Å². The lowest BCUT2D eigenvalue weighted by Crippen LogP contribution is -2.33. The largest absolute Gasteiger partial charge is 0.416 e. The number of likely N-dealkylation sites (tertiary alicyclic amines) is 1. The number of nitrogens with zero attached hydrogens (tertiary/aromatic N) is 2. The first kappa shape index (κ1) is 16.6. The number of benzene rings is 1. The van der Waals surface area contributed by atoms with Crippen LogP contribution in [0.15, 0.2) is 42.6 Å². The second-order valence-corrected chi connectivity index (χ2v) is 5.95. The van der Waals surface area contributed by atoms with Gasteiger partial charge < -0.3 is 14.6 Å². The zero-order valence-electron chi connectivity index (χ0n) is 13.0. The number of hydrogen-bond donors (Lipinski definition) is 1. The molecule has 1 aliphatic rings. The van der Waals surface area contributed by atoms with E-state index in [1.165, 1.54) is 23.1 Å². The number of halogens is 3. The van der Waals surface area contributed by atoms with Gasteiger partial charge in [-0.05, 0) is 30.2 Å². The fraction of sp³-hybridized carbons (Fsp3) is 0.353. The molecule has 0 spiro atoms. The molecule has 3 rings (SSSR count). The maximum atomic E-state index is 13.3. The van der Waals surface area contributed by atoms with Gasteiger partial charge in [0.05, 0.1) is 17.7 Å². The van der Waals surface area contributed by atoms with Crippen LogP contribution in [0.25, 0.3) is 0 Å². The summed E-state index contributed by atoms with van der Waals surface area (Å²) in [4.78, 5) is 14.1. The van der Waals surface area contributed by atoms with Crippen molar-refractivity contribution in [2.24, 2.45) is 7.05 Å². The normalized spacial score (nSPS) is 21.3. The number of carbonyl (C=O) groups is 1. The number of aliphatic hydroxyl groups is 1. The van der Waals surface area contributed by atoms with Crippen LogP contribution in [0.3, 0.4) is 0 Å². The molecular weight excluding hydrogens is 321 g/mol. The van der Waals surface area contributed by atoms with Crippen molar-refractivity contribution in [2.45, 2.75) is 24.7 Å². The molecule has 0 saturated carbocycles. The predicted octanol–water partition coefficient (Wildman–Crippen LogP) is 2.99. The molecule has 4 nitrogen and oxygen atoms in total. The quantitative estimate of drug-likeness (QED) is 0.915. The molecule has 1 aromatic heterocycles. The van der Waals surface area contributed by atoms with Crippen molar-refractivity contribution in [3.05, 3.63) is 59.4 Å². The SMILES string of the molecule is Cn1cccc1C(=O)N1C[C@H](O)C[C@@H]1c1ccccc1C(F)(F)F. The van der Waals surface area contributed by atoms with Crippen molar-refractivity contribution in [3.63, 3.8) is 0 Å². The van der Waals surface area contributed by atoms with Crippen LogP contribution in [0.5, 0.6) is 0 Å². The van der Waals surface area contributed by atoms with Gasteiger partial charge in [0.1, 0.15) is 5.69 Å². The van der Waals surface area contributed by atoms with Gasteiger partial charge in [0, 0.05) is 19.8 Å². The van der Waals surface area contributed by atoms with E-state index in [1.54, 1.807) is 29.9 Å². The summed E-state index contributed by atoms with van der Waals surface area (Å²) in [6.07, 6.45) is -3.58. The first-order chi connectivity index (χ1) is 11.3. The third-order valence-electron chi connectivity index (χ3n) is 4.33. The molecule has 1 aliphatic heterocycles. The molecule has 2 heterocycles. The maximum Gasteiger partial charge on any atom is 0.416 e. The minimum atomic E-state index is -4.51. The summed E-state index contributed by atoms with van der Waals surface area (Å²) in [5, 5.41) is 9.96. The van der Waals surface area contributed by atoms with Crippen LogP contribution in [0.4, 0.5) is 13.2 Å². The lowest BCUT2D eigenvalue weighted by molar-refractivity contribution is -0.138. The zero-order valence-corrected chi connectivity index (χ0v) is 13.0. The van der Waals surface area contributed by atoms with Crippen molar-refractivity contribution in [2.75, 3.05) is 6.54 Å². The molecule has 2 atom stereocenters. The van der Waals surface area contributed by atoms with Crippen LogP contribution in [0, 0.1) is 0 Å². The van der Waals surface area contributed by atoms with E-state index in [-0.39, 0.29) is 24.4 Å². The van der Waals surface area contributed by atoms with Crippen LogP contribution < -0.4 is 0 Å². The fourth-order valence-corrected chi connectivity index (χ4v) is 3.21. The van der Waals surface area contributed by atoms with Gasteiger partial charge in [0.15, 0.2) is 0 Å². The number of aryl methyl sites for hydroxylation is 1. The minimum absolute atomic E-state index is 0.0148. The maximum absolute atomic E-state index is 13.3. The van der Waals surface area contributed by atoms with Gasteiger partial charge in [0.2, 0.25) is 0 Å². The molecule has 0 radical (unpaired) electrons. The molecule has 128 valence electrons. The van der Waals surface area contributed by atoms with E-state index >= 15 is 0 Å². The Kier molecular flexibility index (Phi) is 4.13. The molecule has 24 heavy (non-hydrogen) atoms. The molecule has 1 aromatic carbocycles. The Bertz CT molecular complexity index is 754. The lowest BCUT2D eigenvalue weighted by atomic mass is 9.97. The molecule has 1 saturated heterocycles. The fourth-order valence-electron chi connectivity index (χ4n) is 3.21. The van der Waals surface area contributed by atoms with Gasteiger partial charge in [-0.1, -0.05) is 18.2 Å². The van der Waals surface area contributed by atoms with Crippen LogP contribution in [-0.4, -0.2) is 33.1 Å². The first-order valence-electron chi connectivity index (χ1n) is 7.55. The summed E-state index contributed by atoms with van der Waals surface area (Å²) in [5.74, 6) is -0.388. The van der Waals surface area contributed by atoms with Gasteiger partial charge in [-0.25, -0.2) is 0 Å². The summed E-state index contributed by atoms with van der Waals surface area (Å²) in [6, 6.07) is 7.71. The van der Waals surface area contributed by atoms with Crippen molar-refractivity contribution < 1.29 is 23.1 Å². The molecule has 7 heteroatoms. The van der Waals surface area contributed by atoms with Crippen molar-refractivity contribution >= 4 is 5.91 Å². The average Bonchev–Trinajstić information content (AvgIpc) is 3.11. The predicted molar refractivity (Wildman–Crippen MR) is 81.3 cm³/mol. The average molecular weight is 338 g/mol. The summed E-state index contributed by atoms with van der Waals surface area (Å²) in [7, 11) is 1.69. The van der Waals surface area contributed by atoms with E-state index in [1.807, 2.05) is 0 Å². The second-order valence-electron chi connectivity index (χ2n) is 5.95. The molecular formula is C17H17F3N2O2. The number of β-amino-alcohol motifs (C(OH)–C–C–N with tert-alkyl or cyclic N) is 1. The molecule has 1 amide bonds. The number of hydrogen-bond acceptors (Lipinski definition) is 2. The highest BCUT2D eigenvalue weighted by Gasteiger charge is 2.41. The third-order valence-corrected chi connectivity index (χ3v) is 4.33. The minimum Gasteiger partial charge on any atom is -0.391 e. The van der Waals surface area contributed by atoms with E-state index in [2.05, 4.69) is 0 Å². The standard InChI is InChI=1S/C17H17F3N2O2/c1-21-8-4-7-14(21)16(24)22-10-11(23)9-15(22)12-5-2-3-6-13(12)17(18,19)20/h2-8,11,15,23H,9-10H2,1H3/t11-,15-/m1/s1. The van der Waals surface area contributed by atoms with E-state index in [9.17, 15) is 23.1 Å². The smallest absolute Gasteiger partial charge is 0.391 e. The van der Waals surface area contributed by atoms with Gasteiger partial charge in [0.25, 0.3) is 5.91 Å². The Morgan fingerprint density at radius 2 is 1.92 bits per heavy atom. The number of carbonyl (C=O) groups excluding carboxylic acids is 1. The van der Waals surface area contributed by atoms with Crippen LogP contribution in [-0.2, 0) is 13.2 Å². The number of aliphatic hydroxyl groups excluding tert-OH is 1. The van der Waals surface area contributed by atoms with Crippen LogP contribution >= 0.6 is 0 Å². The lowest BCUT2D eigenvalue weighted by Gasteiger charge is -2.27. The number of aromatic nitrogens is 1. The number of alkyl halides is 3. The number of amides is 1. The van der Waals surface area contributed by atoms with Crippen molar-refractivity contribution in [1.29, 1.82) is 0 Å². The highest BCUT2D eigenvalue weighted by atomic mass is 19.4. The first-order valence-corrected chi connectivity index (χ1v) is 7.55. The second kappa shape index (κ2) is 5.98. The Morgan fingerprint density at radius 3 is 2.54 bits per heavy atom. The van der Waals surface area contributed by atoms with Crippen LogP contribution in [0.1, 0.15) is 34.1 Å². The third kappa shape index (κ3) is 2.91. The summed E-state index contributed by atoms with van der Waals surface area (Å²) in [5.41, 5.74) is -0.378. The molecule has 2 aromatic rings. The van der Waals surface area contributed by atoms with E-state index < -0.39 is 23.9 Å². The summed E-state index contributed by atoms with van der Waals surface area (Å²) in [6.45, 7) is 0.0148. The Hall–Kier alpha value is -2.28. The molecule has 0 bridgehead atoms. The topological polar surface area (TPSA) is 45.5 Å². The molecule has 0 unspecified atom stereocenters. The van der Waals surface area contributed by atoms with E-state index in [4.69, 9.17) is 0 Å². The van der Waals surface area contributed by atoms with Crippen molar-refractivity contribution in [1.82, 2.24) is 9.47 Å². The number of rotatable bonds is 2.